The summed E-state index contributed by atoms with van der Waals surface area (Å²) in [6, 6.07) is 0. The van der Waals surface area contributed by atoms with E-state index in [1.54, 1.807) is 0 Å². The zero-order chi connectivity index (χ0) is 8.97. The van der Waals surface area contributed by atoms with Crippen LogP contribution in [0.1, 0.15) is 24.6 Å². The van der Waals surface area contributed by atoms with Crippen molar-refractivity contribution in [2.24, 2.45) is 5.84 Å². The molecule has 0 atom stereocenters. The highest BCUT2D eigenvalue weighted by atomic mass is 15.3. The van der Waals surface area contributed by atoms with Gasteiger partial charge in [-0.2, -0.15) is 0 Å². The van der Waals surface area contributed by atoms with E-state index in [1.165, 1.54) is 6.33 Å². The maximum atomic E-state index is 5.31. The molecule has 0 aliphatic carbocycles. The van der Waals surface area contributed by atoms with E-state index >= 15 is 0 Å². The van der Waals surface area contributed by atoms with Gasteiger partial charge in [0.2, 0.25) is 0 Å². The van der Waals surface area contributed by atoms with Gasteiger partial charge in [0, 0.05) is 11.3 Å². The number of rotatable bonds is 3. The van der Waals surface area contributed by atoms with E-state index in [0.717, 1.165) is 29.9 Å². The number of hydrogen-bond acceptors (Lipinski definition) is 4. The SMILES string of the molecule is CCCc1c(C)ncnc1NN. The van der Waals surface area contributed by atoms with E-state index in [-0.39, 0.29) is 0 Å². The van der Waals surface area contributed by atoms with Crippen molar-refractivity contribution in [3.63, 3.8) is 0 Å². The second-order valence-corrected chi connectivity index (χ2v) is 2.68. The molecule has 1 heterocycles. The van der Waals surface area contributed by atoms with Gasteiger partial charge in [-0.3, -0.25) is 0 Å². The second kappa shape index (κ2) is 4.01. The molecular weight excluding hydrogens is 152 g/mol. The minimum atomic E-state index is 0.740. The first-order valence-corrected chi connectivity index (χ1v) is 4.06. The Kier molecular flexibility index (Phi) is 2.99. The first-order chi connectivity index (χ1) is 5.79. The highest BCUT2D eigenvalue weighted by Crippen LogP contribution is 2.14. The molecule has 3 N–H and O–H groups in total. The molecule has 0 saturated heterocycles. The molecule has 0 saturated carbocycles. The molecule has 0 aliphatic heterocycles. The molecule has 12 heavy (non-hydrogen) atoms. The van der Waals surface area contributed by atoms with Gasteiger partial charge in [0.1, 0.15) is 12.1 Å². The molecule has 0 amide bonds. The average molecular weight is 166 g/mol. The molecule has 0 spiro atoms. The standard InChI is InChI=1S/C8H14N4/c1-3-4-7-6(2)10-5-11-8(7)12-9/h5H,3-4,9H2,1-2H3,(H,10,11,12). The summed E-state index contributed by atoms with van der Waals surface area (Å²) in [4.78, 5) is 8.13. The Bertz CT molecular complexity index is 259. The fourth-order valence-electron chi connectivity index (χ4n) is 1.17. The summed E-state index contributed by atoms with van der Waals surface area (Å²) in [7, 11) is 0. The Labute approximate surface area is 72.2 Å². The highest BCUT2D eigenvalue weighted by molar-refractivity contribution is 5.44. The molecule has 1 aromatic heterocycles. The van der Waals surface area contributed by atoms with E-state index < -0.39 is 0 Å². The van der Waals surface area contributed by atoms with Gasteiger partial charge in [0.05, 0.1) is 0 Å². The number of hydrazine groups is 1. The van der Waals surface area contributed by atoms with Gasteiger partial charge in [-0.25, -0.2) is 15.8 Å². The van der Waals surface area contributed by atoms with Crippen LogP contribution in [0.5, 0.6) is 0 Å². The van der Waals surface area contributed by atoms with Crippen LogP contribution in [-0.4, -0.2) is 9.97 Å². The molecule has 4 heteroatoms. The van der Waals surface area contributed by atoms with E-state index in [2.05, 4.69) is 22.3 Å². The minimum absolute atomic E-state index is 0.740. The summed E-state index contributed by atoms with van der Waals surface area (Å²) < 4.78 is 0. The fourth-order valence-corrected chi connectivity index (χ4v) is 1.17. The lowest BCUT2D eigenvalue weighted by molar-refractivity contribution is 0.882. The number of aryl methyl sites for hydroxylation is 1. The predicted octanol–water partition coefficient (Wildman–Crippen LogP) is 1.02. The Morgan fingerprint density at radius 2 is 2.25 bits per heavy atom. The van der Waals surface area contributed by atoms with Crippen molar-refractivity contribution in [3.8, 4) is 0 Å². The molecule has 0 aliphatic rings. The lowest BCUT2D eigenvalue weighted by Gasteiger charge is -2.07. The smallest absolute Gasteiger partial charge is 0.146 e. The maximum absolute atomic E-state index is 5.31. The molecule has 4 nitrogen and oxygen atoms in total. The van der Waals surface area contributed by atoms with Crippen molar-refractivity contribution in [2.45, 2.75) is 26.7 Å². The van der Waals surface area contributed by atoms with Crippen LogP contribution < -0.4 is 11.3 Å². The summed E-state index contributed by atoms with van der Waals surface area (Å²) in [6.45, 7) is 4.08. The third-order valence-corrected chi connectivity index (χ3v) is 1.80. The molecule has 0 unspecified atom stereocenters. The summed E-state index contributed by atoms with van der Waals surface area (Å²) in [5.74, 6) is 6.05. The quantitative estimate of drug-likeness (QED) is 0.520. The Balaban J connectivity index is 3.02. The minimum Gasteiger partial charge on any atom is -0.308 e. The lowest BCUT2D eigenvalue weighted by Crippen LogP contribution is -2.12. The zero-order valence-electron chi connectivity index (χ0n) is 7.46. The van der Waals surface area contributed by atoms with Crippen LogP contribution in [0.3, 0.4) is 0 Å². The topological polar surface area (TPSA) is 63.8 Å². The van der Waals surface area contributed by atoms with Crippen LogP contribution in [0.25, 0.3) is 0 Å². The van der Waals surface area contributed by atoms with Crippen LogP contribution in [0.15, 0.2) is 6.33 Å². The molecule has 1 aromatic rings. The van der Waals surface area contributed by atoms with Crippen molar-refractivity contribution in [1.82, 2.24) is 9.97 Å². The van der Waals surface area contributed by atoms with Gasteiger partial charge in [0.25, 0.3) is 0 Å². The fraction of sp³-hybridized carbons (Fsp3) is 0.500. The van der Waals surface area contributed by atoms with Gasteiger partial charge < -0.3 is 5.43 Å². The number of aromatic nitrogens is 2. The Morgan fingerprint density at radius 3 is 2.83 bits per heavy atom. The number of hydrogen-bond donors (Lipinski definition) is 2. The van der Waals surface area contributed by atoms with E-state index in [0.29, 0.717) is 0 Å². The lowest BCUT2D eigenvalue weighted by atomic mass is 10.1. The Hall–Kier alpha value is -1.16. The largest absolute Gasteiger partial charge is 0.308 e. The summed E-state index contributed by atoms with van der Waals surface area (Å²) in [5, 5.41) is 0. The average Bonchev–Trinajstić information content (AvgIpc) is 2.09. The molecule has 0 radical (unpaired) electrons. The predicted molar refractivity (Wildman–Crippen MR) is 48.6 cm³/mol. The van der Waals surface area contributed by atoms with Crippen LogP contribution in [0.2, 0.25) is 0 Å². The molecular formula is C8H14N4. The van der Waals surface area contributed by atoms with Crippen LogP contribution in [0.4, 0.5) is 5.82 Å². The molecule has 0 aromatic carbocycles. The number of nitrogens with one attached hydrogen (secondary N) is 1. The van der Waals surface area contributed by atoms with Crippen LogP contribution in [0, 0.1) is 6.92 Å². The first kappa shape index (κ1) is 8.93. The van der Waals surface area contributed by atoms with E-state index in [4.69, 9.17) is 5.84 Å². The molecule has 66 valence electrons. The highest BCUT2D eigenvalue weighted by Gasteiger charge is 2.04. The van der Waals surface area contributed by atoms with Crippen molar-refractivity contribution < 1.29 is 0 Å². The number of nitrogens with two attached hydrogens (primary N) is 1. The normalized spacial score (nSPS) is 9.92. The van der Waals surface area contributed by atoms with Crippen molar-refractivity contribution >= 4 is 5.82 Å². The number of anilines is 1. The third-order valence-electron chi connectivity index (χ3n) is 1.80. The maximum Gasteiger partial charge on any atom is 0.146 e. The van der Waals surface area contributed by atoms with Gasteiger partial charge in [-0.05, 0) is 13.3 Å². The van der Waals surface area contributed by atoms with Crippen LogP contribution in [-0.2, 0) is 6.42 Å². The summed E-state index contributed by atoms with van der Waals surface area (Å²) in [5.41, 5.74) is 4.68. The van der Waals surface area contributed by atoms with Gasteiger partial charge in [-0.1, -0.05) is 13.3 Å². The van der Waals surface area contributed by atoms with E-state index in [1.807, 2.05) is 6.92 Å². The summed E-state index contributed by atoms with van der Waals surface area (Å²) in [6.07, 6.45) is 3.55. The molecule has 0 fully saturated rings. The molecule has 1 rings (SSSR count). The summed E-state index contributed by atoms with van der Waals surface area (Å²) >= 11 is 0. The van der Waals surface area contributed by atoms with Gasteiger partial charge in [-0.15, -0.1) is 0 Å². The molecule has 0 bridgehead atoms. The van der Waals surface area contributed by atoms with Gasteiger partial charge in [0.15, 0.2) is 0 Å². The van der Waals surface area contributed by atoms with Crippen molar-refractivity contribution in [2.75, 3.05) is 5.43 Å². The van der Waals surface area contributed by atoms with Crippen molar-refractivity contribution in [3.05, 3.63) is 17.6 Å². The zero-order valence-corrected chi connectivity index (χ0v) is 7.46. The van der Waals surface area contributed by atoms with E-state index in [9.17, 15) is 0 Å². The number of nitrogens with zero attached hydrogens (tertiary/aromatic N) is 2. The second-order valence-electron chi connectivity index (χ2n) is 2.68. The van der Waals surface area contributed by atoms with Crippen LogP contribution >= 0.6 is 0 Å². The first-order valence-electron chi connectivity index (χ1n) is 4.06. The van der Waals surface area contributed by atoms with Crippen molar-refractivity contribution in [1.29, 1.82) is 0 Å². The Morgan fingerprint density at radius 1 is 1.50 bits per heavy atom. The monoisotopic (exact) mass is 166 g/mol. The third kappa shape index (κ3) is 1.71. The van der Waals surface area contributed by atoms with Gasteiger partial charge >= 0.3 is 0 Å². The number of nitrogen functional groups attached to an aromatic ring is 1.